The third-order valence-corrected chi connectivity index (χ3v) is 16.9. The van der Waals surface area contributed by atoms with Crippen LogP contribution in [0.15, 0.2) is 53.4 Å². The van der Waals surface area contributed by atoms with E-state index in [9.17, 15) is 28.2 Å². The zero-order valence-corrected chi connectivity index (χ0v) is 38.8. The molecule has 62 heavy (non-hydrogen) atoms. The fourth-order valence-electron chi connectivity index (χ4n) is 10.2. The van der Waals surface area contributed by atoms with Crippen LogP contribution in [0.5, 0.6) is 5.75 Å². The van der Waals surface area contributed by atoms with Crippen molar-refractivity contribution in [3.05, 3.63) is 75.0 Å². The molecule has 0 bridgehead atoms. The Balaban J connectivity index is 1.06. The summed E-state index contributed by atoms with van der Waals surface area (Å²) in [5.74, 6) is -1.83. The number of carboxylic acid groups (broad SMARTS) is 1. The lowest BCUT2D eigenvalue weighted by Crippen LogP contribution is -2.43. The number of methoxy groups -OCH3 is 1. The number of nitrogens with one attached hydrogen (secondary N) is 1. The van der Waals surface area contributed by atoms with Crippen molar-refractivity contribution in [3.63, 3.8) is 0 Å². The van der Waals surface area contributed by atoms with Crippen LogP contribution in [-0.2, 0) is 48.3 Å². The summed E-state index contributed by atoms with van der Waals surface area (Å²) in [6.07, 6.45) is 6.29. The number of thiophene rings is 1. The number of ether oxygens (including phenoxy) is 4. The highest BCUT2D eigenvalue weighted by atomic mass is 32.2. The molecule has 7 rings (SSSR count). The minimum absolute atomic E-state index is 0.0323. The summed E-state index contributed by atoms with van der Waals surface area (Å²) >= 11 is 1.74. The molecule has 2 saturated heterocycles. The van der Waals surface area contributed by atoms with Crippen LogP contribution in [0.2, 0.25) is 0 Å². The number of esters is 1. The molecule has 0 amide bonds. The number of fused-ring (bicyclic) bond motifs is 2. The van der Waals surface area contributed by atoms with Crippen LogP contribution in [-0.4, -0.2) is 92.8 Å². The first-order chi connectivity index (χ1) is 29.5. The van der Waals surface area contributed by atoms with Gasteiger partial charge in [-0.3, -0.25) is 4.79 Å². The van der Waals surface area contributed by atoms with E-state index >= 15 is 0 Å². The molecule has 14 heteroatoms. The molecule has 340 valence electrons. The molecule has 3 aromatic rings. The SMILES string of the molecule is COc1ccc(S(=O)(=O)N(CC(C)C)C[C@@H](O)[C@@H](CC(=O)O[C@H]2CO[C@@]3(C)OCC[C@@H]23)Cc2ccc(NC[C@@H]3CCCC[C@@H]3c3sc4c(c3C(=O)O)CC(C)(C)CC4)cc2)cc1. The zero-order chi connectivity index (χ0) is 44.4. The summed E-state index contributed by atoms with van der Waals surface area (Å²) in [7, 11) is -2.49. The maximum absolute atomic E-state index is 14.0. The lowest BCUT2D eigenvalue weighted by molar-refractivity contribution is -0.181. The van der Waals surface area contributed by atoms with Gasteiger partial charge in [0, 0.05) is 41.0 Å². The van der Waals surface area contributed by atoms with Crippen molar-refractivity contribution in [1.29, 1.82) is 0 Å². The van der Waals surface area contributed by atoms with E-state index in [0.717, 1.165) is 66.6 Å². The first-order valence-electron chi connectivity index (χ1n) is 22.5. The molecular formula is C48H66N2O10S2. The van der Waals surface area contributed by atoms with Crippen molar-refractivity contribution < 1.29 is 47.2 Å². The highest BCUT2D eigenvalue weighted by Gasteiger charge is 2.53. The summed E-state index contributed by atoms with van der Waals surface area (Å²) in [6.45, 7) is 11.6. The molecule has 0 radical (unpaired) electrons. The maximum Gasteiger partial charge on any atom is 0.337 e. The Morgan fingerprint density at radius 3 is 2.42 bits per heavy atom. The van der Waals surface area contributed by atoms with E-state index in [1.165, 1.54) is 28.4 Å². The molecule has 3 N–H and O–H groups in total. The van der Waals surface area contributed by atoms with E-state index in [-0.39, 0.29) is 54.2 Å². The number of anilines is 1. The van der Waals surface area contributed by atoms with Crippen LogP contribution in [0.3, 0.4) is 0 Å². The first kappa shape index (κ1) is 46.5. The summed E-state index contributed by atoms with van der Waals surface area (Å²) in [6, 6.07) is 14.2. The van der Waals surface area contributed by atoms with Crippen molar-refractivity contribution in [1.82, 2.24) is 4.31 Å². The smallest absolute Gasteiger partial charge is 0.337 e. The van der Waals surface area contributed by atoms with Gasteiger partial charge in [-0.1, -0.05) is 52.7 Å². The number of hydrogen-bond donors (Lipinski definition) is 3. The third kappa shape index (κ3) is 10.5. The number of nitrogens with zero attached hydrogens (tertiary/aromatic N) is 1. The Morgan fingerprint density at radius 2 is 1.73 bits per heavy atom. The van der Waals surface area contributed by atoms with E-state index in [1.807, 2.05) is 45.0 Å². The molecule has 3 heterocycles. The van der Waals surface area contributed by atoms with Crippen molar-refractivity contribution in [3.8, 4) is 5.75 Å². The van der Waals surface area contributed by atoms with Gasteiger partial charge in [-0.05, 0) is 123 Å². The van der Waals surface area contributed by atoms with Gasteiger partial charge in [0.05, 0.1) is 49.2 Å². The molecule has 3 fully saturated rings. The lowest BCUT2D eigenvalue weighted by atomic mass is 9.74. The fourth-order valence-corrected chi connectivity index (χ4v) is 13.3. The van der Waals surface area contributed by atoms with Crippen molar-refractivity contribution in [2.24, 2.45) is 29.1 Å². The minimum atomic E-state index is -4.01. The summed E-state index contributed by atoms with van der Waals surface area (Å²) < 4.78 is 52.3. The summed E-state index contributed by atoms with van der Waals surface area (Å²) in [4.78, 5) is 28.8. The number of carbonyl (C=O) groups is 2. The minimum Gasteiger partial charge on any atom is -0.497 e. The van der Waals surface area contributed by atoms with Crippen LogP contribution >= 0.6 is 11.3 Å². The van der Waals surface area contributed by atoms with Gasteiger partial charge in [-0.15, -0.1) is 11.3 Å². The average molecular weight is 895 g/mol. The van der Waals surface area contributed by atoms with E-state index in [0.29, 0.717) is 43.2 Å². The molecule has 0 unspecified atom stereocenters. The fraction of sp³-hybridized carbons (Fsp3) is 0.625. The molecule has 1 aromatic heterocycles. The van der Waals surface area contributed by atoms with Gasteiger partial charge in [0.1, 0.15) is 11.9 Å². The Hall–Kier alpha value is -3.53. The summed E-state index contributed by atoms with van der Waals surface area (Å²) in [5, 5.41) is 26.1. The zero-order valence-electron chi connectivity index (χ0n) is 37.2. The molecule has 2 aliphatic carbocycles. The molecule has 2 aromatic carbocycles. The molecule has 12 nitrogen and oxygen atoms in total. The van der Waals surface area contributed by atoms with Crippen molar-refractivity contribution >= 4 is 39.0 Å². The number of sulfonamides is 1. The number of aromatic carboxylic acids is 1. The monoisotopic (exact) mass is 894 g/mol. The third-order valence-electron chi connectivity index (χ3n) is 13.7. The van der Waals surface area contributed by atoms with Crippen molar-refractivity contribution in [2.75, 3.05) is 45.3 Å². The van der Waals surface area contributed by atoms with E-state index in [1.54, 1.807) is 23.5 Å². The van der Waals surface area contributed by atoms with Gasteiger partial charge in [-0.2, -0.15) is 4.31 Å². The molecule has 4 aliphatic rings. The second kappa shape index (κ2) is 19.3. The Labute approximate surface area is 371 Å². The van der Waals surface area contributed by atoms with Gasteiger partial charge in [-0.25, -0.2) is 13.2 Å². The Kier molecular flexibility index (Phi) is 14.5. The normalized spacial score (nSPS) is 25.6. The Morgan fingerprint density at radius 1 is 1.00 bits per heavy atom. The highest BCUT2D eigenvalue weighted by Crippen LogP contribution is 2.48. The van der Waals surface area contributed by atoms with Crippen LogP contribution < -0.4 is 10.1 Å². The number of aryl methyl sites for hydroxylation is 1. The number of aliphatic hydroxyl groups excluding tert-OH is 1. The quantitative estimate of drug-likeness (QED) is 0.105. The van der Waals surface area contributed by atoms with E-state index < -0.39 is 45.9 Å². The highest BCUT2D eigenvalue weighted by molar-refractivity contribution is 7.89. The average Bonchev–Trinajstić information content (AvgIpc) is 3.90. The van der Waals surface area contributed by atoms with Gasteiger partial charge >= 0.3 is 11.9 Å². The Bertz CT molecular complexity index is 2140. The van der Waals surface area contributed by atoms with Crippen LogP contribution in [0, 0.1) is 29.1 Å². The number of carboxylic acids is 1. The number of benzene rings is 2. The van der Waals surface area contributed by atoms with Crippen LogP contribution in [0.4, 0.5) is 5.69 Å². The van der Waals surface area contributed by atoms with Gasteiger partial charge in [0.2, 0.25) is 10.0 Å². The molecular weight excluding hydrogens is 829 g/mol. The molecule has 1 saturated carbocycles. The van der Waals surface area contributed by atoms with E-state index in [2.05, 4.69) is 19.2 Å². The number of rotatable bonds is 18. The number of aliphatic hydroxyl groups is 1. The van der Waals surface area contributed by atoms with Crippen LogP contribution in [0.25, 0.3) is 0 Å². The predicted molar refractivity (Wildman–Crippen MR) is 239 cm³/mol. The number of carbonyl (C=O) groups excluding carboxylic acids is 1. The van der Waals surface area contributed by atoms with Crippen LogP contribution in [0.1, 0.15) is 117 Å². The molecule has 0 spiro atoms. The second-order valence-electron chi connectivity index (χ2n) is 19.3. The van der Waals surface area contributed by atoms with Gasteiger partial charge in [0.15, 0.2) is 5.79 Å². The predicted octanol–water partition coefficient (Wildman–Crippen LogP) is 8.31. The van der Waals surface area contributed by atoms with Gasteiger partial charge in [0.25, 0.3) is 0 Å². The first-order valence-corrected chi connectivity index (χ1v) is 24.7. The maximum atomic E-state index is 14.0. The molecule has 7 atom stereocenters. The molecule has 2 aliphatic heterocycles. The number of hydrogen-bond acceptors (Lipinski definition) is 11. The largest absolute Gasteiger partial charge is 0.497 e. The van der Waals surface area contributed by atoms with Crippen molar-refractivity contribution in [2.45, 2.75) is 128 Å². The van der Waals surface area contributed by atoms with E-state index in [4.69, 9.17) is 18.9 Å². The second-order valence-corrected chi connectivity index (χ2v) is 22.4. The lowest BCUT2D eigenvalue weighted by Gasteiger charge is -2.32. The standard InChI is InChI=1S/C48H66N2O10S2/c1-30(2)27-50(62(55,56)36-17-15-35(57-6)16-18-36)28-40(51)33(24-43(52)60-41-29-59-48(5)39(41)20-22-58-48)23-31-11-13-34(14-12-31)49-26-32-9-7-8-10-37(32)45-44(46(53)54)38-25-47(3,4)21-19-42(38)61-45/h11-18,30,32-33,37,39-41,49,51H,7-10,19-29H2,1-6H3,(H,53,54)/t32-,33+,37-,39-,40+,41-,48+/m0/s1. The summed E-state index contributed by atoms with van der Waals surface area (Å²) in [5.41, 5.74) is 3.53. The topological polar surface area (TPSA) is 161 Å². The van der Waals surface area contributed by atoms with Gasteiger partial charge < -0.3 is 34.5 Å².